The standard InChI is InChI=1S/C17H25NO3/c1-5-20-16(19)17(10-13(3)21-14(4)11-17)18-15-9-7-6-8-12(15)2/h6-9,13-14,18H,5,10-11H2,1-4H3. The normalized spacial score (nSPS) is 29.0. The summed E-state index contributed by atoms with van der Waals surface area (Å²) in [6, 6.07) is 8.00. The van der Waals surface area contributed by atoms with Crippen molar-refractivity contribution in [2.24, 2.45) is 0 Å². The van der Waals surface area contributed by atoms with Gasteiger partial charge in [0.25, 0.3) is 0 Å². The fourth-order valence-corrected chi connectivity index (χ4v) is 3.12. The Morgan fingerprint density at radius 3 is 2.52 bits per heavy atom. The predicted molar refractivity (Wildman–Crippen MR) is 83.4 cm³/mol. The molecule has 0 aliphatic carbocycles. The Hall–Kier alpha value is -1.55. The number of ether oxygens (including phenoxy) is 2. The molecule has 4 nitrogen and oxygen atoms in total. The van der Waals surface area contributed by atoms with E-state index in [9.17, 15) is 4.79 Å². The third-order valence-electron chi connectivity index (χ3n) is 3.92. The molecular formula is C17H25NO3. The van der Waals surface area contributed by atoms with Crippen molar-refractivity contribution in [3.63, 3.8) is 0 Å². The van der Waals surface area contributed by atoms with E-state index >= 15 is 0 Å². The summed E-state index contributed by atoms with van der Waals surface area (Å²) in [5.41, 5.74) is 1.39. The molecule has 0 amide bonds. The van der Waals surface area contributed by atoms with E-state index in [4.69, 9.17) is 9.47 Å². The number of esters is 1. The number of rotatable bonds is 4. The Morgan fingerprint density at radius 2 is 1.95 bits per heavy atom. The molecule has 4 heteroatoms. The van der Waals surface area contributed by atoms with Crippen molar-refractivity contribution in [3.05, 3.63) is 29.8 Å². The molecule has 0 saturated carbocycles. The summed E-state index contributed by atoms with van der Waals surface area (Å²) in [5.74, 6) is -0.185. The number of carbonyl (C=O) groups is 1. The van der Waals surface area contributed by atoms with Gasteiger partial charge in [0.1, 0.15) is 5.54 Å². The fourth-order valence-electron chi connectivity index (χ4n) is 3.12. The van der Waals surface area contributed by atoms with Gasteiger partial charge in [-0.25, -0.2) is 4.79 Å². The average Bonchev–Trinajstić information content (AvgIpc) is 2.40. The fraction of sp³-hybridized carbons (Fsp3) is 0.588. The molecule has 1 N–H and O–H groups in total. The number of hydrogen-bond donors (Lipinski definition) is 1. The van der Waals surface area contributed by atoms with E-state index < -0.39 is 5.54 Å². The van der Waals surface area contributed by atoms with Crippen LogP contribution >= 0.6 is 0 Å². The van der Waals surface area contributed by atoms with Crippen molar-refractivity contribution in [2.45, 2.75) is 58.3 Å². The summed E-state index contributed by atoms with van der Waals surface area (Å²) in [5, 5.41) is 3.45. The molecule has 0 spiro atoms. The number of aryl methyl sites for hydroxylation is 1. The number of nitrogens with one attached hydrogen (secondary N) is 1. The van der Waals surface area contributed by atoms with Crippen molar-refractivity contribution in [1.82, 2.24) is 0 Å². The van der Waals surface area contributed by atoms with Gasteiger partial charge in [0, 0.05) is 18.5 Å². The summed E-state index contributed by atoms with van der Waals surface area (Å²) in [6.45, 7) is 8.27. The van der Waals surface area contributed by atoms with Crippen LogP contribution in [0.15, 0.2) is 24.3 Å². The van der Waals surface area contributed by atoms with Crippen molar-refractivity contribution in [1.29, 1.82) is 0 Å². The average molecular weight is 291 g/mol. The van der Waals surface area contributed by atoms with Gasteiger partial charge >= 0.3 is 5.97 Å². The molecule has 2 atom stereocenters. The number of carbonyl (C=O) groups excluding carboxylic acids is 1. The molecule has 1 aromatic rings. The maximum Gasteiger partial charge on any atom is 0.331 e. The Balaban J connectivity index is 2.32. The van der Waals surface area contributed by atoms with Gasteiger partial charge in [-0.05, 0) is 39.3 Å². The van der Waals surface area contributed by atoms with Crippen molar-refractivity contribution in [2.75, 3.05) is 11.9 Å². The molecule has 0 bridgehead atoms. The van der Waals surface area contributed by atoms with Gasteiger partial charge in [-0.2, -0.15) is 0 Å². The number of benzene rings is 1. The minimum atomic E-state index is -0.709. The lowest BCUT2D eigenvalue weighted by molar-refractivity contribution is -0.157. The quantitative estimate of drug-likeness (QED) is 0.865. The first-order valence-electron chi connectivity index (χ1n) is 7.63. The summed E-state index contributed by atoms with van der Waals surface area (Å²) in [6.07, 6.45) is 1.28. The number of hydrogen-bond acceptors (Lipinski definition) is 4. The van der Waals surface area contributed by atoms with E-state index in [1.807, 2.05) is 52.0 Å². The minimum Gasteiger partial charge on any atom is -0.464 e. The largest absolute Gasteiger partial charge is 0.464 e. The lowest BCUT2D eigenvalue weighted by Gasteiger charge is -2.42. The SMILES string of the molecule is CCOC(=O)C1(Nc2ccccc2C)CC(C)OC(C)C1. The highest BCUT2D eigenvalue weighted by Gasteiger charge is 2.46. The number of para-hydroxylation sites is 1. The smallest absolute Gasteiger partial charge is 0.331 e. The van der Waals surface area contributed by atoms with Gasteiger partial charge in [-0.1, -0.05) is 18.2 Å². The molecule has 1 fully saturated rings. The topological polar surface area (TPSA) is 47.6 Å². The molecule has 21 heavy (non-hydrogen) atoms. The molecule has 1 aliphatic rings. The van der Waals surface area contributed by atoms with Crippen LogP contribution in [-0.4, -0.2) is 30.3 Å². The highest BCUT2D eigenvalue weighted by Crippen LogP contribution is 2.34. The Labute approximate surface area is 126 Å². The molecule has 1 saturated heterocycles. The molecule has 1 heterocycles. The Kier molecular flexibility index (Phi) is 4.88. The first-order valence-corrected chi connectivity index (χ1v) is 7.63. The monoisotopic (exact) mass is 291 g/mol. The molecule has 1 aromatic carbocycles. The highest BCUT2D eigenvalue weighted by molar-refractivity contribution is 5.85. The van der Waals surface area contributed by atoms with Crippen LogP contribution in [0.3, 0.4) is 0 Å². The first-order chi connectivity index (χ1) is 9.97. The second-order valence-electron chi connectivity index (χ2n) is 5.91. The van der Waals surface area contributed by atoms with Crippen LogP contribution in [0.1, 0.15) is 39.2 Å². The molecule has 116 valence electrons. The van der Waals surface area contributed by atoms with Gasteiger partial charge < -0.3 is 14.8 Å². The van der Waals surface area contributed by atoms with Gasteiger partial charge in [-0.15, -0.1) is 0 Å². The van der Waals surface area contributed by atoms with Gasteiger partial charge in [0.05, 0.1) is 18.8 Å². The highest BCUT2D eigenvalue weighted by atomic mass is 16.5. The second-order valence-corrected chi connectivity index (χ2v) is 5.91. The van der Waals surface area contributed by atoms with Crippen LogP contribution in [0, 0.1) is 6.92 Å². The van der Waals surface area contributed by atoms with Crippen LogP contribution in [0.25, 0.3) is 0 Å². The lowest BCUT2D eigenvalue weighted by atomic mass is 9.83. The predicted octanol–water partition coefficient (Wildman–Crippen LogP) is 3.30. The zero-order chi connectivity index (χ0) is 15.5. The second kappa shape index (κ2) is 6.48. The zero-order valence-corrected chi connectivity index (χ0v) is 13.3. The lowest BCUT2D eigenvalue weighted by Crippen LogP contribution is -2.55. The Bertz CT molecular complexity index is 491. The van der Waals surface area contributed by atoms with Gasteiger partial charge in [-0.3, -0.25) is 0 Å². The molecule has 1 aliphatic heterocycles. The third kappa shape index (κ3) is 3.56. The Morgan fingerprint density at radius 1 is 1.33 bits per heavy atom. The van der Waals surface area contributed by atoms with Gasteiger partial charge in [0.15, 0.2) is 0 Å². The van der Waals surface area contributed by atoms with Gasteiger partial charge in [0.2, 0.25) is 0 Å². The van der Waals surface area contributed by atoms with Crippen LogP contribution in [0.4, 0.5) is 5.69 Å². The van der Waals surface area contributed by atoms with Crippen LogP contribution in [-0.2, 0) is 14.3 Å². The summed E-state index contributed by atoms with van der Waals surface area (Å²) in [4.78, 5) is 12.6. The molecule has 2 unspecified atom stereocenters. The summed E-state index contributed by atoms with van der Waals surface area (Å²) >= 11 is 0. The zero-order valence-electron chi connectivity index (χ0n) is 13.3. The molecule has 0 radical (unpaired) electrons. The van der Waals surface area contributed by atoms with Crippen LogP contribution in [0.2, 0.25) is 0 Å². The molecule has 0 aromatic heterocycles. The summed E-state index contributed by atoms with van der Waals surface area (Å²) < 4.78 is 11.1. The van der Waals surface area contributed by atoms with Crippen LogP contribution < -0.4 is 5.32 Å². The van der Waals surface area contributed by atoms with E-state index in [2.05, 4.69) is 5.32 Å². The minimum absolute atomic E-state index is 0.0228. The van der Waals surface area contributed by atoms with Crippen molar-refractivity contribution >= 4 is 11.7 Å². The van der Waals surface area contributed by atoms with E-state index in [0.717, 1.165) is 11.3 Å². The first kappa shape index (κ1) is 15.8. The van der Waals surface area contributed by atoms with Crippen molar-refractivity contribution in [3.8, 4) is 0 Å². The van der Waals surface area contributed by atoms with Crippen LogP contribution in [0.5, 0.6) is 0 Å². The van der Waals surface area contributed by atoms with E-state index in [0.29, 0.717) is 19.4 Å². The molecular weight excluding hydrogens is 266 g/mol. The van der Waals surface area contributed by atoms with E-state index in [1.165, 1.54) is 0 Å². The van der Waals surface area contributed by atoms with E-state index in [-0.39, 0.29) is 18.2 Å². The van der Waals surface area contributed by atoms with Crippen molar-refractivity contribution < 1.29 is 14.3 Å². The maximum atomic E-state index is 12.6. The van der Waals surface area contributed by atoms with E-state index in [1.54, 1.807) is 0 Å². The maximum absolute atomic E-state index is 12.6. The summed E-state index contributed by atoms with van der Waals surface area (Å²) in [7, 11) is 0. The number of anilines is 1. The molecule has 2 rings (SSSR count). The third-order valence-corrected chi connectivity index (χ3v) is 3.92.